The molecule has 2 aromatic heterocycles. The average molecular weight is 372 g/mol. The van der Waals surface area contributed by atoms with Crippen molar-refractivity contribution >= 4 is 22.8 Å². The van der Waals surface area contributed by atoms with Crippen LogP contribution in [-0.4, -0.2) is 38.8 Å². The third kappa shape index (κ3) is 2.54. The number of aromatic nitrogens is 2. The first-order chi connectivity index (χ1) is 12.9. The van der Waals surface area contributed by atoms with Crippen LogP contribution in [0.15, 0.2) is 17.1 Å². The highest BCUT2D eigenvalue weighted by atomic mass is 19.1. The zero-order chi connectivity index (χ0) is 18.9. The van der Waals surface area contributed by atoms with Gasteiger partial charge in [-0.1, -0.05) is 0 Å². The summed E-state index contributed by atoms with van der Waals surface area (Å²) in [5, 5.41) is 9.37. The van der Waals surface area contributed by atoms with E-state index in [4.69, 9.17) is 5.73 Å². The van der Waals surface area contributed by atoms with E-state index in [1.165, 1.54) is 12.3 Å². The fourth-order valence-electron chi connectivity index (χ4n) is 4.77. The van der Waals surface area contributed by atoms with Crippen LogP contribution in [0.25, 0.3) is 11.0 Å². The number of pyridine rings is 2. The Balaban J connectivity index is 1.71. The summed E-state index contributed by atoms with van der Waals surface area (Å²) in [6.45, 7) is 0. The van der Waals surface area contributed by atoms with E-state index in [2.05, 4.69) is 4.98 Å². The Labute approximate surface area is 154 Å². The summed E-state index contributed by atoms with van der Waals surface area (Å²) in [6, 6.07) is 1.74. The van der Waals surface area contributed by atoms with Gasteiger partial charge >= 0.3 is 5.97 Å². The van der Waals surface area contributed by atoms with E-state index in [0.29, 0.717) is 5.65 Å². The van der Waals surface area contributed by atoms with E-state index in [1.807, 2.05) is 4.90 Å². The molecule has 0 spiro atoms. The molecule has 8 heteroatoms. The summed E-state index contributed by atoms with van der Waals surface area (Å²) >= 11 is 0. The van der Waals surface area contributed by atoms with Crippen LogP contribution in [0, 0.1) is 5.82 Å². The van der Waals surface area contributed by atoms with Gasteiger partial charge in [0.15, 0.2) is 11.6 Å². The van der Waals surface area contributed by atoms with Crippen molar-refractivity contribution in [3.63, 3.8) is 0 Å². The molecular formula is C19H21FN4O3. The standard InChI is InChI=1S/C19H21FN4O3/c20-15-7-13-16(25)14(19(26)27)8-23(10-1-2-10)17(13)22-18(15)24-11-3-4-12(24)6-9(21)5-11/h7-12H,1-6,21H2,(H,26,27)/t9-,11-,12+. The number of nitrogens with two attached hydrogens (primary N) is 1. The third-order valence-electron chi connectivity index (χ3n) is 6.12. The fourth-order valence-corrected chi connectivity index (χ4v) is 4.77. The molecule has 0 amide bonds. The van der Waals surface area contributed by atoms with E-state index in [9.17, 15) is 14.7 Å². The molecule has 5 rings (SSSR count). The molecule has 142 valence electrons. The molecule has 0 unspecified atom stereocenters. The summed E-state index contributed by atoms with van der Waals surface area (Å²) in [5.74, 6) is -1.61. The Morgan fingerprint density at radius 1 is 1.19 bits per heavy atom. The number of halogens is 1. The topological polar surface area (TPSA) is 101 Å². The molecule has 3 fully saturated rings. The number of rotatable bonds is 3. The van der Waals surface area contributed by atoms with E-state index in [-0.39, 0.29) is 40.9 Å². The number of carboxylic acid groups (broad SMARTS) is 1. The lowest BCUT2D eigenvalue weighted by Crippen LogP contribution is -2.48. The first-order valence-electron chi connectivity index (χ1n) is 9.46. The Morgan fingerprint density at radius 2 is 1.81 bits per heavy atom. The van der Waals surface area contributed by atoms with Crippen LogP contribution >= 0.6 is 0 Å². The third-order valence-corrected chi connectivity index (χ3v) is 6.12. The van der Waals surface area contributed by atoms with Gasteiger partial charge in [-0.25, -0.2) is 14.2 Å². The maximum Gasteiger partial charge on any atom is 0.341 e. The molecule has 2 saturated heterocycles. The number of anilines is 1. The highest BCUT2D eigenvalue weighted by Gasteiger charge is 2.41. The number of carbonyl (C=O) groups is 1. The SMILES string of the molecule is N[C@@H]1C[C@H]2CC[C@@H](C1)N2c1nc2c(cc1F)c(=O)c(C(=O)O)cn2C1CC1. The summed E-state index contributed by atoms with van der Waals surface area (Å²) in [7, 11) is 0. The second-order valence-electron chi connectivity index (χ2n) is 8.00. The lowest BCUT2D eigenvalue weighted by Gasteiger charge is -2.38. The van der Waals surface area contributed by atoms with Crippen molar-refractivity contribution in [2.24, 2.45) is 5.73 Å². The molecule has 2 bridgehead atoms. The smallest absolute Gasteiger partial charge is 0.341 e. The van der Waals surface area contributed by atoms with Gasteiger partial charge in [-0.05, 0) is 44.6 Å². The monoisotopic (exact) mass is 372 g/mol. The van der Waals surface area contributed by atoms with Gasteiger partial charge in [-0.2, -0.15) is 0 Å². The van der Waals surface area contributed by atoms with Crippen molar-refractivity contribution in [2.75, 3.05) is 4.90 Å². The molecule has 1 saturated carbocycles. The van der Waals surface area contributed by atoms with Gasteiger partial charge in [0.25, 0.3) is 0 Å². The van der Waals surface area contributed by atoms with Crippen molar-refractivity contribution < 1.29 is 14.3 Å². The molecule has 1 aliphatic carbocycles. The van der Waals surface area contributed by atoms with Gasteiger partial charge in [0.05, 0.1) is 5.39 Å². The molecule has 3 N–H and O–H groups in total. The van der Waals surface area contributed by atoms with E-state index in [1.54, 1.807) is 4.57 Å². The second kappa shape index (κ2) is 5.76. The highest BCUT2D eigenvalue weighted by molar-refractivity contribution is 5.92. The molecule has 4 heterocycles. The number of fused-ring (bicyclic) bond motifs is 3. The van der Waals surface area contributed by atoms with Crippen LogP contribution in [0.3, 0.4) is 0 Å². The first kappa shape index (κ1) is 16.7. The fraction of sp³-hybridized carbons (Fsp3) is 0.526. The minimum Gasteiger partial charge on any atom is -0.477 e. The minimum atomic E-state index is -1.30. The number of hydrogen-bond donors (Lipinski definition) is 2. The van der Waals surface area contributed by atoms with Gasteiger partial charge in [0, 0.05) is 30.4 Å². The Bertz CT molecular complexity index is 1000. The predicted octanol–water partition coefficient (Wildman–Crippen LogP) is 2.03. The average Bonchev–Trinajstić information content (AvgIpc) is 3.41. The van der Waals surface area contributed by atoms with Crippen molar-refractivity contribution in [1.29, 1.82) is 0 Å². The summed E-state index contributed by atoms with van der Waals surface area (Å²) in [6.07, 6.45) is 6.70. The molecule has 2 aliphatic heterocycles. The minimum absolute atomic E-state index is 0.0316. The van der Waals surface area contributed by atoms with Crippen LogP contribution in [-0.2, 0) is 0 Å². The molecule has 2 aromatic rings. The van der Waals surface area contributed by atoms with Crippen LogP contribution in [0.2, 0.25) is 0 Å². The normalized spacial score (nSPS) is 27.3. The summed E-state index contributed by atoms with van der Waals surface area (Å²) in [5.41, 5.74) is 5.47. The predicted molar refractivity (Wildman–Crippen MR) is 97.7 cm³/mol. The number of carboxylic acids is 1. The molecule has 7 nitrogen and oxygen atoms in total. The van der Waals surface area contributed by atoms with E-state index in [0.717, 1.165) is 38.5 Å². The van der Waals surface area contributed by atoms with Crippen molar-refractivity contribution in [2.45, 2.75) is 62.7 Å². The molecule has 0 radical (unpaired) electrons. The maximum absolute atomic E-state index is 15.0. The Kier molecular flexibility index (Phi) is 3.56. The molecule has 3 atom stereocenters. The lowest BCUT2D eigenvalue weighted by atomic mass is 9.98. The van der Waals surface area contributed by atoms with Gasteiger partial charge in [-0.3, -0.25) is 4.79 Å². The first-order valence-corrected chi connectivity index (χ1v) is 9.46. The van der Waals surface area contributed by atoms with Crippen LogP contribution in [0.4, 0.5) is 10.2 Å². The van der Waals surface area contributed by atoms with E-state index < -0.39 is 17.2 Å². The zero-order valence-electron chi connectivity index (χ0n) is 14.8. The maximum atomic E-state index is 15.0. The Morgan fingerprint density at radius 3 is 2.41 bits per heavy atom. The number of hydrogen-bond acceptors (Lipinski definition) is 5. The molecule has 0 aromatic carbocycles. The summed E-state index contributed by atoms with van der Waals surface area (Å²) in [4.78, 5) is 30.6. The second-order valence-corrected chi connectivity index (χ2v) is 8.00. The van der Waals surface area contributed by atoms with Crippen LogP contribution in [0.1, 0.15) is 54.9 Å². The van der Waals surface area contributed by atoms with Crippen molar-refractivity contribution in [3.8, 4) is 0 Å². The number of aromatic carboxylic acids is 1. The highest BCUT2D eigenvalue weighted by Crippen LogP contribution is 2.41. The van der Waals surface area contributed by atoms with Crippen molar-refractivity contribution in [3.05, 3.63) is 33.9 Å². The van der Waals surface area contributed by atoms with Gasteiger partial charge in [0.2, 0.25) is 5.43 Å². The van der Waals surface area contributed by atoms with Crippen LogP contribution < -0.4 is 16.1 Å². The molecular weight excluding hydrogens is 351 g/mol. The number of nitrogens with zero attached hydrogens (tertiary/aromatic N) is 3. The van der Waals surface area contributed by atoms with Gasteiger partial charge in [0.1, 0.15) is 11.2 Å². The molecule has 3 aliphatic rings. The van der Waals surface area contributed by atoms with Crippen LogP contribution in [0.5, 0.6) is 0 Å². The molecule has 27 heavy (non-hydrogen) atoms. The Hall–Kier alpha value is -2.48. The largest absolute Gasteiger partial charge is 0.477 e. The van der Waals surface area contributed by atoms with E-state index >= 15 is 4.39 Å². The number of piperidine rings is 1. The van der Waals surface area contributed by atoms with Crippen molar-refractivity contribution in [1.82, 2.24) is 9.55 Å². The van der Waals surface area contributed by atoms with Gasteiger partial charge < -0.3 is 20.3 Å². The van der Waals surface area contributed by atoms with Gasteiger partial charge in [-0.15, -0.1) is 0 Å². The quantitative estimate of drug-likeness (QED) is 0.855. The summed E-state index contributed by atoms with van der Waals surface area (Å²) < 4.78 is 16.7. The lowest BCUT2D eigenvalue weighted by molar-refractivity contribution is 0.0695. The zero-order valence-corrected chi connectivity index (χ0v) is 14.8.